The van der Waals surface area contributed by atoms with Gasteiger partial charge in [-0.2, -0.15) is 0 Å². The van der Waals surface area contributed by atoms with Crippen LogP contribution in [-0.4, -0.2) is 39.3 Å². The maximum Gasteiger partial charge on any atom is 0.249 e. The maximum atomic E-state index is 11.3. The number of hydrogen-bond acceptors (Lipinski definition) is 2. The van der Waals surface area contributed by atoms with Crippen LogP contribution < -0.4 is 0 Å². The third kappa shape index (κ3) is 4.51. The van der Waals surface area contributed by atoms with E-state index in [4.69, 9.17) is 4.43 Å². The second-order valence-electron chi connectivity index (χ2n) is 4.11. The van der Waals surface area contributed by atoms with Gasteiger partial charge in [-0.1, -0.05) is 0 Å². The number of carbonyl (C=O) groups is 1. The molecule has 0 N–H and O–H groups in total. The van der Waals surface area contributed by atoms with E-state index in [1.54, 1.807) is 25.9 Å². The van der Waals surface area contributed by atoms with Crippen molar-refractivity contribution < 1.29 is 9.22 Å². The summed E-state index contributed by atoms with van der Waals surface area (Å²) in [4.78, 5) is 12.9. The van der Waals surface area contributed by atoms with Crippen molar-refractivity contribution in [3.8, 4) is 0 Å². The van der Waals surface area contributed by atoms with Gasteiger partial charge in [0.05, 0.1) is 0 Å². The van der Waals surface area contributed by atoms with Gasteiger partial charge in [0.1, 0.15) is 6.10 Å². The summed E-state index contributed by atoms with van der Waals surface area (Å²) in [5.74, 6) is 0.0393. The molecule has 0 fully saturated rings. The zero-order valence-electron chi connectivity index (χ0n) is 8.84. The van der Waals surface area contributed by atoms with E-state index in [1.807, 2.05) is 0 Å². The summed E-state index contributed by atoms with van der Waals surface area (Å²) < 4.78 is 5.61. The number of likely N-dealkylation sites (N-methyl/N-ethyl adjacent to an activating group) is 1. The van der Waals surface area contributed by atoms with Crippen LogP contribution in [0.3, 0.4) is 0 Å². The highest BCUT2D eigenvalue weighted by molar-refractivity contribution is 6.69. The van der Waals surface area contributed by atoms with Crippen LogP contribution in [0, 0.1) is 0 Å². The van der Waals surface area contributed by atoms with E-state index < -0.39 is 8.32 Å². The zero-order chi connectivity index (χ0) is 9.94. The first-order valence-corrected chi connectivity index (χ1v) is 7.54. The topological polar surface area (TPSA) is 29.5 Å². The summed E-state index contributed by atoms with van der Waals surface area (Å²) in [7, 11) is 1.91. The second-order valence-corrected chi connectivity index (χ2v) is 8.57. The maximum absolute atomic E-state index is 11.3. The van der Waals surface area contributed by atoms with E-state index >= 15 is 0 Å². The molecule has 0 radical (unpaired) electrons. The van der Waals surface area contributed by atoms with Crippen LogP contribution in [0.25, 0.3) is 0 Å². The van der Waals surface area contributed by atoms with Crippen molar-refractivity contribution in [2.75, 3.05) is 14.1 Å². The molecule has 0 saturated heterocycles. The van der Waals surface area contributed by atoms with Crippen molar-refractivity contribution in [1.29, 1.82) is 0 Å². The van der Waals surface area contributed by atoms with E-state index in [-0.39, 0.29) is 12.0 Å². The Hall–Kier alpha value is -0.353. The van der Waals surface area contributed by atoms with Crippen molar-refractivity contribution in [2.24, 2.45) is 0 Å². The molecule has 0 saturated carbocycles. The Morgan fingerprint density at radius 1 is 1.33 bits per heavy atom. The lowest BCUT2D eigenvalue weighted by molar-refractivity contribution is -0.135. The Morgan fingerprint density at radius 2 is 1.75 bits per heavy atom. The van der Waals surface area contributed by atoms with Crippen LogP contribution in [0.15, 0.2) is 0 Å². The normalized spacial score (nSPS) is 14.2. The highest BCUT2D eigenvalue weighted by atomic mass is 28.4. The first-order chi connectivity index (χ1) is 5.24. The molecule has 0 aromatic heterocycles. The molecular weight excluding hydrogens is 170 g/mol. The zero-order valence-corrected chi connectivity index (χ0v) is 9.84. The number of carbonyl (C=O) groups excluding carboxylic acids is 1. The fraction of sp³-hybridized carbons (Fsp3) is 0.875. The minimum atomic E-state index is -1.58. The Bertz CT molecular complexity index is 163. The molecule has 72 valence electrons. The van der Waals surface area contributed by atoms with Gasteiger partial charge in [-0.15, -0.1) is 0 Å². The quantitative estimate of drug-likeness (QED) is 0.627. The minimum absolute atomic E-state index is 0.0393. The molecule has 0 rings (SSSR count). The standard InChI is InChI=1S/C8H19NO2Si/c1-7(8(10)9(2)3)11-12(4,5)6/h7H,1-6H3. The van der Waals surface area contributed by atoms with E-state index in [0.717, 1.165) is 0 Å². The predicted octanol–water partition coefficient (Wildman–Crippen LogP) is 1.31. The Morgan fingerprint density at radius 3 is 2.00 bits per heavy atom. The van der Waals surface area contributed by atoms with Crippen molar-refractivity contribution in [2.45, 2.75) is 32.7 Å². The van der Waals surface area contributed by atoms with Crippen molar-refractivity contribution in [3.63, 3.8) is 0 Å². The summed E-state index contributed by atoms with van der Waals surface area (Å²) in [5, 5.41) is 0. The molecule has 1 atom stereocenters. The molecule has 3 nitrogen and oxygen atoms in total. The van der Waals surface area contributed by atoms with Gasteiger partial charge in [-0.05, 0) is 26.6 Å². The van der Waals surface area contributed by atoms with Gasteiger partial charge < -0.3 is 9.33 Å². The second kappa shape index (κ2) is 4.05. The average Bonchev–Trinajstić information content (AvgIpc) is 1.82. The van der Waals surface area contributed by atoms with Crippen molar-refractivity contribution in [3.05, 3.63) is 0 Å². The number of rotatable bonds is 3. The van der Waals surface area contributed by atoms with Crippen LogP contribution in [0.5, 0.6) is 0 Å². The molecule has 0 aliphatic carbocycles. The lowest BCUT2D eigenvalue weighted by Gasteiger charge is -2.24. The molecule has 12 heavy (non-hydrogen) atoms. The Labute approximate surface area is 75.8 Å². The molecule has 1 amide bonds. The number of hydrogen-bond donors (Lipinski definition) is 0. The summed E-state index contributed by atoms with van der Waals surface area (Å²) in [5.41, 5.74) is 0. The third-order valence-corrected chi connectivity index (χ3v) is 2.38. The monoisotopic (exact) mass is 189 g/mol. The SMILES string of the molecule is CC(O[Si](C)(C)C)C(=O)N(C)C. The molecule has 0 aromatic rings. The lowest BCUT2D eigenvalue weighted by atomic mass is 10.4. The molecular formula is C8H19NO2Si. The van der Waals surface area contributed by atoms with Crippen LogP contribution >= 0.6 is 0 Å². The molecule has 0 bridgehead atoms. The summed E-state index contributed by atoms with van der Waals surface area (Å²) in [6.45, 7) is 8.03. The van der Waals surface area contributed by atoms with Gasteiger partial charge >= 0.3 is 0 Å². The highest BCUT2D eigenvalue weighted by Gasteiger charge is 2.23. The van der Waals surface area contributed by atoms with Crippen molar-refractivity contribution in [1.82, 2.24) is 4.90 Å². The smallest absolute Gasteiger partial charge is 0.249 e. The number of nitrogens with zero attached hydrogens (tertiary/aromatic N) is 1. The molecule has 0 spiro atoms. The predicted molar refractivity (Wildman–Crippen MR) is 52.6 cm³/mol. The van der Waals surface area contributed by atoms with Gasteiger partial charge in [0.2, 0.25) is 5.91 Å². The molecule has 0 heterocycles. The molecule has 0 aliphatic rings. The van der Waals surface area contributed by atoms with Crippen LogP contribution in [0.4, 0.5) is 0 Å². The van der Waals surface area contributed by atoms with Gasteiger partial charge in [0.25, 0.3) is 0 Å². The molecule has 0 aliphatic heterocycles. The molecule has 4 heteroatoms. The first-order valence-electron chi connectivity index (χ1n) is 4.13. The van der Waals surface area contributed by atoms with Crippen molar-refractivity contribution >= 4 is 14.2 Å². The fourth-order valence-electron chi connectivity index (χ4n) is 0.944. The van der Waals surface area contributed by atoms with Crippen LogP contribution in [0.1, 0.15) is 6.92 Å². The van der Waals surface area contributed by atoms with E-state index in [2.05, 4.69) is 19.6 Å². The van der Waals surface area contributed by atoms with Gasteiger partial charge in [0.15, 0.2) is 8.32 Å². The van der Waals surface area contributed by atoms with E-state index in [0.29, 0.717) is 0 Å². The lowest BCUT2D eigenvalue weighted by Crippen LogP contribution is -2.40. The summed E-state index contributed by atoms with van der Waals surface area (Å²) in [6.07, 6.45) is -0.299. The average molecular weight is 189 g/mol. The highest BCUT2D eigenvalue weighted by Crippen LogP contribution is 2.08. The fourth-order valence-corrected chi connectivity index (χ4v) is 2.11. The van der Waals surface area contributed by atoms with Crippen LogP contribution in [0.2, 0.25) is 19.6 Å². The largest absolute Gasteiger partial charge is 0.406 e. The third-order valence-electron chi connectivity index (χ3n) is 1.32. The molecule has 1 unspecified atom stereocenters. The summed E-state index contributed by atoms with van der Waals surface area (Å²) in [6, 6.07) is 0. The van der Waals surface area contributed by atoms with E-state index in [9.17, 15) is 4.79 Å². The minimum Gasteiger partial charge on any atom is -0.406 e. The Kier molecular flexibility index (Phi) is 3.93. The summed E-state index contributed by atoms with van der Waals surface area (Å²) >= 11 is 0. The number of amides is 1. The Balaban J connectivity index is 4.05. The molecule has 0 aromatic carbocycles. The van der Waals surface area contributed by atoms with Gasteiger partial charge in [-0.3, -0.25) is 4.79 Å². The van der Waals surface area contributed by atoms with Gasteiger partial charge in [-0.25, -0.2) is 0 Å². The van der Waals surface area contributed by atoms with Crippen LogP contribution in [-0.2, 0) is 9.22 Å². The first kappa shape index (κ1) is 11.6. The van der Waals surface area contributed by atoms with E-state index in [1.165, 1.54) is 0 Å². The van der Waals surface area contributed by atoms with Gasteiger partial charge in [0, 0.05) is 14.1 Å².